The SMILES string of the molecule is CC(C)(O)CCNc1nc(NCc2cccc(Cl)c2N)c2ncn(C3CCCCC3)c2n1. The fourth-order valence-electron chi connectivity index (χ4n) is 4.14. The Balaban J connectivity index is 1.64. The molecule has 0 aliphatic heterocycles. The lowest BCUT2D eigenvalue weighted by atomic mass is 9.95. The number of anilines is 3. The van der Waals surface area contributed by atoms with E-state index in [1.807, 2.05) is 18.5 Å². The van der Waals surface area contributed by atoms with Gasteiger partial charge in [0, 0.05) is 19.1 Å². The fraction of sp³-hybridized carbons (Fsp3) is 0.522. The number of aromatic nitrogens is 4. The third-order valence-corrected chi connectivity index (χ3v) is 6.33. The number of imidazole rings is 1. The second-order valence-corrected chi connectivity index (χ2v) is 9.57. The highest BCUT2D eigenvalue weighted by molar-refractivity contribution is 6.33. The van der Waals surface area contributed by atoms with Gasteiger partial charge in [-0.15, -0.1) is 0 Å². The third kappa shape index (κ3) is 5.24. The van der Waals surface area contributed by atoms with E-state index in [2.05, 4.69) is 25.2 Å². The number of nitrogens with zero attached hydrogens (tertiary/aromatic N) is 4. The molecular weight excluding hydrogens is 426 g/mol. The Morgan fingerprint density at radius 2 is 1.97 bits per heavy atom. The van der Waals surface area contributed by atoms with Gasteiger partial charge in [-0.1, -0.05) is 43.0 Å². The van der Waals surface area contributed by atoms with Crippen LogP contribution < -0.4 is 16.4 Å². The highest BCUT2D eigenvalue weighted by atomic mass is 35.5. The molecule has 1 saturated carbocycles. The Bertz CT molecular complexity index is 1070. The number of aliphatic hydroxyl groups is 1. The maximum atomic E-state index is 10.0. The number of benzene rings is 1. The lowest BCUT2D eigenvalue weighted by Crippen LogP contribution is -2.23. The van der Waals surface area contributed by atoms with E-state index in [1.165, 1.54) is 19.3 Å². The van der Waals surface area contributed by atoms with Crippen molar-refractivity contribution in [2.75, 3.05) is 22.9 Å². The number of para-hydroxylation sites is 1. The van der Waals surface area contributed by atoms with Crippen LogP contribution in [-0.4, -0.2) is 36.8 Å². The first-order valence-corrected chi connectivity index (χ1v) is 11.7. The Morgan fingerprint density at radius 1 is 1.19 bits per heavy atom. The normalized spacial score (nSPS) is 15.2. The molecule has 1 aromatic carbocycles. The molecule has 172 valence electrons. The molecule has 2 aromatic heterocycles. The molecule has 0 amide bonds. The van der Waals surface area contributed by atoms with Crippen LogP contribution >= 0.6 is 11.6 Å². The molecule has 1 aliphatic rings. The van der Waals surface area contributed by atoms with Crippen molar-refractivity contribution < 1.29 is 5.11 Å². The summed E-state index contributed by atoms with van der Waals surface area (Å²) in [4.78, 5) is 14.1. The molecule has 5 N–H and O–H groups in total. The molecule has 1 aliphatic carbocycles. The number of fused-ring (bicyclic) bond motifs is 1. The summed E-state index contributed by atoms with van der Waals surface area (Å²) in [5, 5.41) is 17.2. The quantitative estimate of drug-likeness (QED) is 0.361. The largest absolute Gasteiger partial charge is 0.397 e. The molecule has 0 radical (unpaired) electrons. The molecule has 0 atom stereocenters. The minimum atomic E-state index is -0.758. The van der Waals surface area contributed by atoms with E-state index >= 15 is 0 Å². The Kier molecular flexibility index (Phi) is 6.71. The van der Waals surface area contributed by atoms with Crippen LogP contribution in [-0.2, 0) is 6.54 Å². The van der Waals surface area contributed by atoms with Crippen LogP contribution in [0.4, 0.5) is 17.5 Å². The fourth-order valence-corrected chi connectivity index (χ4v) is 4.33. The number of nitrogens with two attached hydrogens (primary N) is 1. The molecule has 0 unspecified atom stereocenters. The van der Waals surface area contributed by atoms with Crippen LogP contribution in [0.3, 0.4) is 0 Å². The number of hydrogen-bond acceptors (Lipinski definition) is 7. The minimum absolute atomic E-state index is 0.407. The topological polar surface area (TPSA) is 114 Å². The van der Waals surface area contributed by atoms with Gasteiger partial charge in [-0.2, -0.15) is 9.97 Å². The molecule has 0 bridgehead atoms. The lowest BCUT2D eigenvalue weighted by molar-refractivity contribution is 0.0748. The van der Waals surface area contributed by atoms with E-state index in [0.717, 1.165) is 29.6 Å². The molecule has 2 heterocycles. The van der Waals surface area contributed by atoms with Gasteiger partial charge in [0.2, 0.25) is 5.95 Å². The van der Waals surface area contributed by atoms with E-state index in [1.54, 1.807) is 19.9 Å². The Hall–Kier alpha value is -2.58. The highest BCUT2D eigenvalue weighted by Gasteiger charge is 2.21. The van der Waals surface area contributed by atoms with Crippen LogP contribution in [0.5, 0.6) is 0 Å². The second kappa shape index (κ2) is 9.50. The summed E-state index contributed by atoms with van der Waals surface area (Å²) >= 11 is 6.17. The predicted octanol–water partition coefficient (Wildman–Crippen LogP) is 4.75. The molecular formula is C23H32ClN7O. The van der Waals surface area contributed by atoms with E-state index < -0.39 is 5.60 Å². The summed E-state index contributed by atoms with van der Waals surface area (Å²) < 4.78 is 2.19. The zero-order valence-electron chi connectivity index (χ0n) is 18.7. The molecule has 4 rings (SSSR count). The van der Waals surface area contributed by atoms with Crippen molar-refractivity contribution in [1.29, 1.82) is 0 Å². The van der Waals surface area contributed by atoms with Crippen LogP contribution in [0, 0.1) is 0 Å². The average molecular weight is 458 g/mol. The number of halogens is 1. The van der Waals surface area contributed by atoms with Gasteiger partial charge in [-0.05, 0) is 44.7 Å². The van der Waals surface area contributed by atoms with E-state index in [4.69, 9.17) is 22.3 Å². The smallest absolute Gasteiger partial charge is 0.226 e. The Labute approximate surface area is 193 Å². The van der Waals surface area contributed by atoms with Crippen LogP contribution in [0.25, 0.3) is 11.2 Å². The highest BCUT2D eigenvalue weighted by Crippen LogP contribution is 2.32. The van der Waals surface area contributed by atoms with Crippen molar-refractivity contribution in [1.82, 2.24) is 19.5 Å². The summed E-state index contributed by atoms with van der Waals surface area (Å²) in [6.45, 7) is 4.61. The van der Waals surface area contributed by atoms with E-state index in [-0.39, 0.29) is 0 Å². The maximum absolute atomic E-state index is 10.0. The third-order valence-electron chi connectivity index (χ3n) is 6.00. The van der Waals surface area contributed by atoms with Gasteiger partial charge in [0.1, 0.15) is 0 Å². The van der Waals surface area contributed by atoms with Crippen molar-refractivity contribution in [3.05, 3.63) is 35.1 Å². The van der Waals surface area contributed by atoms with Crippen LogP contribution in [0.2, 0.25) is 5.02 Å². The maximum Gasteiger partial charge on any atom is 0.226 e. The summed E-state index contributed by atoms with van der Waals surface area (Å²) in [5.41, 5.74) is 8.39. The zero-order valence-corrected chi connectivity index (χ0v) is 19.5. The first kappa shape index (κ1) is 22.6. The van der Waals surface area contributed by atoms with Gasteiger partial charge in [-0.25, -0.2) is 4.98 Å². The minimum Gasteiger partial charge on any atom is -0.397 e. The molecule has 32 heavy (non-hydrogen) atoms. The van der Waals surface area contributed by atoms with Gasteiger partial charge in [-0.3, -0.25) is 0 Å². The standard InChI is InChI=1S/C23H32ClN7O/c1-23(2,32)11-12-26-22-29-20(27-13-15-7-6-10-17(24)18(15)25)19-21(30-22)31(14-28-19)16-8-4-3-5-9-16/h6-7,10,14,16,32H,3-5,8-9,11-13,25H2,1-2H3,(H2,26,27,29,30). The summed E-state index contributed by atoms with van der Waals surface area (Å²) in [6.07, 6.45) is 8.48. The van der Waals surface area contributed by atoms with Gasteiger partial charge in [0.15, 0.2) is 17.0 Å². The molecule has 0 saturated heterocycles. The number of nitrogen functional groups attached to an aromatic ring is 1. The predicted molar refractivity (Wildman–Crippen MR) is 130 cm³/mol. The summed E-state index contributed by atoms with van der Waals surface area (Å²) in [5.74, 6) is 1.16. The monoisotopic (exact) mass is 457 g/mol. The summed E-state index contributed by atoms with van der Waals surface area (Å²) in [6, 6.07) is 6.01. The van der Waals surface area contributed by atoms with Gasteiger partial charge in [0.05, 0.1) is 22.6 Å². The molecule has 1 fully saturated rings. The van der Waals surface area contributed by atoms with Crippen molar-refractivity contribution in [3.8, 4) is 0 Å². The lowest BCUT2D eigenvalue weighted by Gasteiger charge is -2.23. The second-order valence-electron chi connectivity index (χ2n) is 9.17. The van der Waals surface area contributed by atoms with E-state index in [9.17, 15) is 5.11 Å². The zero-order chi connectivity index (χ0) is 22.7. The molecule has 0 spiro atoms. The average Bonchev–Trinajstić information content (AvgIpc) is 3.18. The number of hydrogen-bond donors (Lipinski definition) is 4. The van der Waals surface area contributed by atoms with Gasteiger partial charge in [0.25, 0.3) is 0 Å². The molecule has 8 nitrogen and oxygen atoms in total. The number of nitrogens with one attached hydrogen (secondary N) is 2. The molecule has 9 heteroatoms. The first-order valence-electron chi connectivity index (χ1n) is 11.3. The van der Waals surface area contributed by atoms with Crippen molar-refractivity contribution in [2.24, 2.45) is 0 Å². The number of rotatable bonds is 8. The van der Waals surface area contributed by atoms with Crippen LogP contribution in [0.15, 0.2) is 24.5 Å². The van der Waals surface area contributed by atoms with Gasteiger partial charge < -0.3 is 26.0 Å². The van der Waals surface area contributed by atoms with Crippen molar-refractivity contribution in [2.45, 2.75) is 70.6 Å². The van der Waals surface area contributed by atoms with Crippen LogP contribution in [0.1, 0.15) is 64.0 Å². The first-order chi connectivity index (χ1) is 15.3. The van der Waals surface area contributed by atoms with E-state index in [0.29, 0.717) is 48.0 Å². The van der Waals surface area contributed by atoms with Gasteiger partial charge >= 0.3 is 0 Å². The van der Waals surface area contributed by atoms with Crippen molar-refractivity contribution in [3.63, 3.8) is 0 Å². The van der Waals surface area contributed by atoms with Crippen molar-refractivity contribution >= 4 is 40.2 Å². The Morgan fingerprint density at radius 3 is 2.72 bits per heavy atom. The summed E-state index contributed by atoms with van der Waals surface area (Å²) in [7, 11) is 0. The molecule has 3 aromatic rings.